The molecule has 29 heavy (non-hydrogen) atoms. The van der Waals surface area contributed by atoms with E-state index in [1.54, 1.807) is 4.90 Å². The first-order valence-corrected chi connectivity index (χ1v) is 13.2. The lowest BCUT2D eigenvalue weighted by Crippen LogP contribution is -2.46. The van der Waals surface area contributed by atoms with Crippen LogP contribution >= 0.6 is 0 Å². The summed E-state index contributed by atoms with van der Waals surface area (Å²) in [7, 11) is -1.84. The van der Waals surface area contributed by atoms with Crippen LogP contribution < -0.4 is 10.7 Å². The Bertz CT molecular complexity index is 763. The number of hydrogen-bond donors (Lipinski definition) is 1. The number of benzene rings is 1. The summed E-state index contributed by atoms with van der Waals surface area (Å²) >= 11 is 0. The number of nitrogens with zero attached hydrogens (tertiary/aromatic N) is 2. The van der Waals surface area contributed by atoms with Crippen LogP contribution in [0.15, 0.2) is 29.4 Å². The normalized spacial score (nSPS) is 19.2. The number of carbonyl (C=O) groups excluding carboxylic acids is 1. The van der Waals surface area contributed by atoms with E-state index in [9.17, 15) is 4.79 Å². The molecule has 0 saturated carbocycles. The number of ether oxygens (including phenoxy) is 1. The van der Waals surface area contributed by atoms with Crippen LogP contribution in [0.25, 0.3) is 0 Å². The summed E-state index contributed by atoms with van der Waals surface area (Å²) in [5.41, 5.74) is 1.92. The highest BCUT2D eigenvalue weighted by atomic mass is 28.4. The largest absolute Gasteiger partial charge is 0.443 e. The Morgan fingerprint density at radius 2 is 1.83 bits per heavy atom. The van der Waals surface area contributed by atoms with E-state index in [2.05, 4.69) is 39.0 Å². The number of hydrazone groups is 1. The summed E-state index contributed by atoms with van der Waals surface area (Å²) < 4.78 is 12.0. The molecule has 0 saturated heterocycles. The highest BCUT2D eigenvalue weighted by molar-refractivity contribution is 6.74. The Kier molecular flexibility index (Phi) is 6.85. The zero-order valence-electron chi connectivity index (χ0n) is 19.2. The number of nitrogens with two attached hydrogens (primary N) is 1. The zero-order valence-corrected chi connectivity index (χ0v) is 20.2. The molecule has 1 aliphatic rings. The van der Waals surface area contributed by atoms with Crippen molar-refractivity contribution in [2.45, 2.75) is 71.7 Å². The van der Waals surface area contributed by atoms with E-state index in [0.29, 0.717) is 13.2 Å². The molecule has 1 heterocycles. The number of fused-ring (bicyclic) bond motifs is 1. The third-order valence-electron chi connectivity index (χ3n) is 5.75. The molecule has 162 valence electrons. The Labute approximate surface area is 176 Å². The van der Waals surface area contributed by atoms with Crippen LogP contribution in [-0.4, -0.2) is 38.9 Å². The molecule has 0 bridgehead atoms. The Hall–Kier alpha value is -1.86. The van der Waals surface area contributed by atoms with Gasteiger partial charge in [0, 0.05) is 24.6 Å². The minimum atomic E-state index is -1.84. The highest BCUT2D eigenvalue weighted by Crippen LogP contribution is 2.37. The molecule has 1 amide bonds. The highest BCUT2D eigenvalue weighted by Gasteiger charge is 2.39. The molecule has 6 nitrogen and oxygen atoms in total. The molecule has 7 heteroatoms. The van der Waals surface area contributed by atoms with Gasteiger partial charge in [0.05, 0.1) is 11.4 Å². The van der Waals surface area contributed by atoms with Gasteiger partial charge in [0.1, 0.15) is 5.60 Å². The average Bonchev–Trinajstić information content (AvgIpc) is 2.58. The van der Waals surface area contributed by atoms with Gasteiger partial charge < -0.3 is 15.0 Å². The van der Waals surface area contributed by atoms with Gasteiger partial charge >= 0.3 is 6.09 Å². The Balaban J connectivity index is 2.24. The summed E-state index contributed by atoms with van der Waals surface area (Å²) in [5, 5.41) is 4.25. The van der Waals surface area contributed by atoms with Crippen LogP contribution in [-0.2, 0) is 9.16 Å². The van der Waals surface area contributed by atoms with Crippen molar-refractivity contribution in [1.29, 1.82) is 0 Å². The van der Waals surface area contributed by atoms with Gasteiger partial charge in [0.2, 0.25) is 0 Å². The second-order valence-electron chi connectivity index (χ2n) is 10.2. The molecule has 0 fully saturated rings. The molecule has 1 unspecified atom stereocenters. The predicted octanol–water partition coefficient (Wildman–Crippen LogP) is 5.13. The molecule has 0 aromatic heterocycles. The number of para-hydroxylation sites is 1. The monoisotopic (exact) mass is 419 g/mol. The van der Waals surface area contributed by atoms with Crippen molar-refractivity contribution in [3.05, 3.63) is 29.8 Å². The lowest BCUT2D eigenvalue weighted by atomic mass is 9.88. The van der Waals surface area contributed by atoms with Gasteiger partial charge in [-0.1, -0.05) is 39.0 Å². The fourth-order valence-electron chi connectivity index (χ4n) is 3.12. The summed E-state index contributed by atoms with van der Waals surface area (Å²) in [6, 6.07) is 7.71. The Morgan fingerprint density at radius 1 is 1.21 bits per heavy atom. The quantitative estimate of drug-likeness (QED) is 0.417. The van der Waals surface area contributed by atoms with Crippen molar-refractivity contribution in [2.75, 3.05) is 18.1 Å². The predicted molar refractivity (Wildman–Crippen MR) is 122 cm³/mol. The smallest absolute Gasteiger partial charge is 0.414 e. The van der Waals surface area contributed by atoms with Crippen molar-refractivity contribution < 1.29 is 14.0 Å². The first-order valence-electron chi connectivity index (χ1n) is 10.3. The lowest BCUT2D eigenvalue weighted by molar-refractivity contribution is 0.0575. The lowest BCUT2D eigenvalue weighted by Gasteiger charge is -2.38. The van der Waals surface area contributed by atoms with Crippen molar-refractivity contribution in [3.63, 3.8) is 0 Å². The molecule has 0 radical (unpaired) electrons. The third-order valence-corrected chi connectivity index (χ3v) is 10.3. The first kappa shape index (κ1) is 23.4. The van der Waals surface area contributed by atoms with Crippen molar-refractivity contribution >= 4 is 25.8 Å². The second-order valence-corrected chi connectivity index (χ2v) is 15.0. The van der Waals surface area contributed by atoms with E-state index < -0.39 is 13.9 Å². The number of anilines is 1. The maximum atomic E-state index is 12.9. The van der Waals surface area contributed by atoms with Crippen LogP contribution in [0.3, 0.4) is 0 Å². The van der Waals surface area contributed by atoms with Gasteiger partial charge in [-0.15, -0.1) is 0 Å². The van der Waals surface area contributed by atoms with Crippen LogP contribution in [0.1, 0.15) is 53.5 Å². The minimum absolute atomic E-state index is 0.00723. The molecule has 0 aliphatic carbocycles. The molecule has 0 spiro atoms. The fraction of sp³-hybridized carbons (Fsp3) is 0.636. The van der Waals surface area contributed by atoms with Crippen molar-refractivity contribution in [3.8, 4) is 0 Å². The third kappa shape index (κ3) is 5.60. The van der Waals surface area contributed by atoms with E-state index >= 15 is 0 Å². The molecular formula is C22H37N3O3Si. The van der Waals surface area contributed by atoms with Gasteiger partial charge in [-0.3, -0.25) is 4.90 Å². The van der Waals surface area contributed by atoms with E-state index in [1.165, 1.54) is 0 Å². The van der Waals surface area contributed by atoms with Crippen LogP contribution in [0.2, 0.25) is 18.1 Å². The van der Waals surface area contributed by atoms with Gasteiger partial charge in [0.15, 0.2) is 8.32 Å². The maximum absolute atomic E-state index is 12.9. The summed E-state index contributed by atoms with van der Waals surface area (Å²) in [4.78, 5) is 14.6. The molecular weight excluding hydrogens is 382 g/mol. The fourth-order valence-corrected chi connectivity index (χ4v) is 4.18. The van der Waals surface area contributed by atoms with Crippen LogP contribution in [0.5, 0.6) is 0 Å². The molecule has 1 aliphatic heterocycles. The van der Waals surface area contributed by atoms with Crippen molar-refractivity contribution in [2.24, 2.45) is 16.9 Å². The topological polar surface area (TPSA) is 77.1 Å². The van der Waals surface area contributed by atoms with E-state index in [4.69, 9.17) is 15.0 Å². The molecule has 2 N–H and O–H groups in total. The molecule has 1 atom stereocenters. The maximum Gasteiger partial charge on any atom is 0.414 e. The minimum Gasteiger partial charge on any atom is -0.443 e. The van der Waals surface area contributed by atoms with Gasteiger partial charge in [-0.05, 0) is 51.4 Å². The SMILES string of the molecule is CC(C)(C)OC(=O)N1CC(CCO[Si](C)(C)C(C)(C)C)C(=NN)c2ccccc21. The molecule has 1 aromatic carbocycles. The van der Waals surface area contributed by atoms with Crippen LogP contribution in [0, 0.1) is 5.92 Å². The first-order chi connectivity index (χ1) is 13.3. The number of rotatable bonds is 4. The second kappa shape index (κ2) is 8.48. The van der Waals surface area contributed by atoms with E-state index in [0.717, 1.165) is 23.4 Å². The van der Waals surface area contributed by atoms with E-state index in [-0.39, 0.29) is 17.0 Å². The number of amides is 1. The summed E-state index contributed by atoms with van der Waals surface area (Å²) in [5.74, 6) is 5.77. The molecule has 1 aromatic rings. The zero-order chi connectivity index (χ0) is 22.0. The van der Waals surface area contributed by atoms with Crippen molar-refractivity contribution in [1.82, 2.24) is 0 Å². The summed E-state index contributed by atoms with van der Waals surface area (Å²) in [6.45, 7) is 17.9. The Morgan fingerprint density at radius 3 is 2.38 bits per heavy atom. The summed E-state index contributed by atoms with van der Waals surface area (Å²) in [6.07, 6.45) is 0.396. The number of carbonyl (C=O) groups is 1. The number of hydrogen-bond acceptors (Lipinski definition) is 5. The average molecular weight is 420 g/mol. The van der Waals surface area contributed by atoms with Gasteiger partial charge in [-0.25, -0.2) is 4.79 Å². The van der Waals surface area contributed by atoms with Gasteiger partial charge in [0.25, 0.3) is 0 Å². The van der Waals surface area contributed by atoms with Crippen LogP contribution in [0.4, 0.5) is 10.5 Å². The standard InChI is InChI=1S/C22H37N3O3Si/c1-21(2,3)28-20(26)25-15-16(13-14-27-29(7,8)22(4,5)6)19(24-23)17-11-9-10-12-18(17)25/h9-12,16H,13-15,23H2,1-8H3. The van der Waals surface area contributed by atoms with E-state index in [1.807, 2.05) is 45.0 Å². The molecule has 2 rings (SSSR count). The van der Waals surface area contributed by atoms with Gasteiger partial charge in [-0.2, -0.15) is 5.10 Å².